The van der Waals surface area contributed by atoms with E-state index in [2.05, 4.69) is 0 Å². The number of benzene rings is 1. The van der Waals surface area contributed by atoms with Crippen LogP contribution in [0.1, 0.15) is 21.9 Å². The molecule has 0 atom stereocenters. The molecule has 1 aromatic carbocycles. The molecule has 0 bridgehead atoms. The number of ether oxygens (including phenoxy) is 1. The molecule has 0 amide bonds. The van der Waals surface area contributed by atoms with Crippen molar-refractivity contribution in [3.63, 3.8) is 0 Å². The highest BCUT2D eigenvalue weighted by atomic mass is 35.5. The van der Waals surface area contributed by atoms with Crippen molar-refractivity contribution in [2.24, 2.45) is 0 Å². The topological polar surface area (TPSA) is 39.4 Å². The van der Waals surface area contributed by atoms with Gasteiger partial charge in [-0.2, -0.15) is 0 Å². The number of furan rings is 1. The summed E-state index contributed by atoms with van der Waals surface area (Å²) in [4.78, 5) is 12.1. The Hall–Kier alpha value is -1.29. The maximum Gasteiger partial charge on any atom is 0.228 e. The van der Waals surface area contributed by atoms with Crippen molar-refractivity contribution in [3.05, 3.63) is 57.5 Å². The van der Waals surface area contributed by atoms with E-state index in [1.165, 1.54) is 0 Å². The normalized spacial score (nSPS) is 10.6. The van der Waals surface area contributed by atoms with Gasteiger partial charge in [0.05, 0.1) is 0 Å². The summed E-state index contributed by atoms with van der Waals surface area (Å²) >= 11 is 11.7. The maximum atomic E-state index is 12.1. The molecule has 5 heteroatoms. The van der Waals surface area contributed by atoms with Gasteiger partial charge in [-0.05, 0) is 30.3 Å². The summed E-state index contributed by atoms with van der Waals surface area (Å²) in [5.41, 5.74) is 0.394. The number of hydrogen-bond acceptors (Lipinski definition) is 3. The van der Waals surface area contributed by atoms with E-state index >= 15 is 0 Å². The Bertz CT molecular complexity index is 555. The zero-order chi connectivity index (χ0) is 13.1. The fraction of sp³-hybridized carbons (Fsp3) is 0.154. The van der Waals surface area contributed by atoms with Crippen LogP contribution in [0.4, 0.5) is 0 Å². The second-order valence-corrected chi connectivity index (χ2v) is 4.56. The molecule has 0 radical (unpaired) electrons. The summed E-state index contributed by atoms with van der Waals surface area (Å²) in [6.45, 7) is 0.323. The molecular formula is C13H10Cl2O3. The van der Waals surface area contributed by atoms with E-state index in [4.69, 9.17) is 32.4 Å². The van der Waals surface area contributed by atoms with Gasteiger partial charge in [-0.1, -0.05) is 23.2 Å². The molecule has 0 spiro atoms. The van der Waals surface area contributed by atoms with Gasteiger partial charge in [0, 0.05) is 22.7 Å². The van der Waals surface area contributed by atoms with Gasteiger partial charge in [-0.25, -0.2) is 0 Å². The number of carbonyl (C=O) groups excluding carboxylic acids is 1. The van der Waals surface area contributed by atoms with E-state index < -0.39 is 0 Å². The highest BCUT2D eigenvalue weighted by molar-refractivity contribution is 6.35. The highest BCUT2D eigenvalue weighted by Gasteiger charge is 2.15. The molecule has 0 N–H and O–H groups in total. The average molecular weight is 285 g/mol. The average Bonchev–Trinajstić information content (AvgIpc) is 2.76. The lowest BCUT2D eigenvalue weighted by atomic mass is 10.1. The summed E-state index contributed by atoms with van der Waals surface area (Å²) in [6.07, 6.45) is 0. The van der Waals surface area contributed by atoms with Crippen LogP contribution in [0, 0.1) is 0 Å². The van der Waals surface area contributed by atoms with Crippen LogP contribution in [0.2, 0.25) is 10.0 Å². The summed E-state index contributed by atoms with van der Waals surface area (Å²) in [5, 5.41) is 0.823. The lowest BCUT2D eigenvalue weighted by molar-refractivity contribution is 0.1000. The van der Waals surface area contributed by atoms with Gasteiger partial charge < -0.3 is 9.15 Å². The monoisotopic (exact) mass is 284 g/mol. The molecule has 94 valence electrons. The number of halogens is 2. The third kappa shape index (κ3) is 2.93. The molecule has 0 aliphatic rings. The van der Waals surface area contributed by atoms with E-state index in [0.29, 0.717) is 28.0 Å². The first-order valence-electron chi connectivity index (χ1n) is 5.18. The smallest absolute Gasteiger partial charge is 0.228 e. The van der Waals surface area contributed by atoms with Gasteiger partial charge in [0.25, 0.3) is 0 Å². The Morgan fingerprint density at radius 1 is 1.22 bits per heavy atom. The number of rotatable bonds is 4. The maximum absolute atomic E-state index is 12.1. The van der Waals surface area contributed by atoms with Gasteiger partial charge >= 0.3 is 0 Å². The molecule has 2 aromatic rings. The Kier molecular flexibility index (Phi) is 4.07. The summed E-state index contributed by atoms with van der Waals surface area (Å²) in [5.74, 6) is 0.566. The predicted octanol–water partition coefficient (Wildman–Crippen LogP) is 3.96. The SMILES string of the molecule is COCc1ccc(C(=O)c2cc(Cl)cc(Cl)c2)o1. The summed E-state index contributed by atoms with van der Waals surface area (Å²) in [6, 6.07) is 7.97. The number of methoxy groups -OCH3 is 1. The largest absolute Gasteiger partial charge is 0.455 e. The van der Waals surface area contributed by atoms with Gasteiger partial charge in [0.2, 0.25) is 5.78 Å². The van der Waals surface area contributed by atoms with Gasteiger partial charge in [-0.15, -0.1) is 0 Å². The molecular weight excluding hydrogens is 275 g/mol. The van der Waals surface area contributed by atoms with Crippen molar-refractivity contribution in [3.8, 4) is 0 Å². The van der Waals surface area contributed by atoms with E-state index in [1.54, 1.807) is 37.4 Å². The molecule has 2 rings (SSSR count). The first-order valence-corrected chi connectivity index (χ1v) is 5.94. The molecule has 1 aromatic heterocycles. The minimum atomic E-state index is -0.262. The fourth-order valence-corrected chi connectivity index (χ4v) is 2.07. The van der Waals surface area contributed by atoms with E-state index in [1.807, 2.05) is 0 Å². The van der Waals surface area contributed by atoms with Crippen molar-refractivity contribution < 1.29 is 13.9 Å². The Labute approximate surface area is 114 Å². The fourth-order valence-electron chi connectivity index (χ4n) is 1.55. The molecule has 0 aliphatic heterocycles. The molecule has 18 heavy (non-hydrogen) atoms. The minimum absolute atomic E-state index is 0.236. The van der Waals surface area contributed by atoms with Crippen LogP contribution in [0.15, 0.2) is 34.7 Å². The number of hydrogen-bond donors (Lipinski definition) is 0. The van der Waals surface area contributed by atoms with Crippen molar-refractivity contribution in [2.45, 2.75) is 6.61 Å². The third-order valence-electron chi connectivity index (χ3n) is 2.30. The van der Waals surface area contributed by atoms with Crippen LogP contribution in [0.25, 0.3) is 0 Å². The quantitative estimate of drug-likeness (QED) is 0.798. The van der Waals surface area contributed by atoms with Gasteiger partial charge in [0.1, 0.15) is 12.4 Å². The summed E-state index contributed by atoms with van der Waals surface area (Å²) < 4.78 is 10.3. The number of ketones is 1. The highest BCUT2D eigenvalue weighted by Crippen LogP contribution is 2.22. The first kappa shape index (κ1) is 13.1. The Morgan fingerprint density at radius 2 is 1.89 bits per heavy atom. The summed E-state index contributed by atoms with van der Waals surface area (Å²) in [7, 11) is 1.56. The number of carbonyl (C=O) groups is 1. The van der Waals surface area contributed by atoms with Crippen LogP contribution < -0.4 is 0 Å². The van der Waals surface area contributed by atoms with Crippen LogP contribution in [0.5, 0.6) is 0 Å². The third-order valence-corrected chi connectivity index (χ3v) is 2.73. The lowest BCUT2D eigenvalue weighted by Crippen LogP contribution is -1.99. The molecule has 0 unspecified atom stereocenters. The van der Waals surface area contributed by atoms with Crippen molar-refractivity contribution in [1.29, 1.82) is 0 Å². The Balaban J connectivity index is 2.29. The standard InChI is InChI=1S/C13H10Cl2O3/c1-17-7-11-2-3-12(18-11)13(16)8-4-9(14)6-10(15)5-8/h2-6H,7H2,1H3. The molecule has 0 saturated heterocycles. The van der Waals surface area contributed by atoms with Crippen molar-refractivity contribution in [2.75, 3.05) is 7.11 Å². The zero-order valence-electron chi connectivity index (χ0n) is 9.57. The second-order valence-electron chi connectivity index (χ2n) is 3.69. The van der Waals surface area contributed by atoms with Crippen molar-refractivity contribution >= 4 is 29.0 Å². The molecule has 0 aliphatic carbocycles. The van der Waals surface area contributed by atoms with Crippen LogP contribution in [-0.2, 0) is 11.3 Å². The van der Waals surface area contributed by atoms with E-state index in [9.17, 15) is 4.79 Å². The van der Waals surface area contributed by atoms with Crippen LogP contribution >= 0.6 is 23.2 Å². The molecule has 0 fully saturated rings. The van der Waals surface area contributed by atoms with Crippen LogP contribution in [0.3, 0.4) is 0 Å². The van der Waals surface area contributed by atoms with Crippen molar-refractivity contribution in [1.82, 2.24) is 0 Å². The predicted molar refractivity (Wildman–Crippen MR) is 69.3 cm³/mol. The minimum Gasteiger partial charge on any atom is -0.455 e. The lowest BCUT2D eigenvalue weighted by Gasteiger charge is -2.00. The first-order chi connectivity index (χ1) is 8.60. The van der Waals surface area contributed by atoms with E-state index in [-0.39, 0.29) is 11.5 Å². The Morgan fingerprint density at radius 3 is 2.50 bits per heavy atom. The zero-order valence-corrected chi connectivity index (χ0v) is 11.1. The molecule has 1 heterocycles. The molecule has 3 nitrogen and oxygen atoms in total. The second kappa shape index (κ2) is 5.57. The van der Waals surface area contributed by atoms with E-state index in [0.717, 1.165) is 0 Å². The van der Waals surface area contributed by atoms with Gasteiger partial charge in [-0.3, -0.25) is 4.79 Å². The van der Waals surface area contributed by atoms with Crippen LogP contribution in [-0.4, -0.2) is 12.9 Å². The van der Waals surface area contributed by atoms with Gasteiger partial charge in [0.15, 0.2) is 5.76 Å². The molecule has 0 saturated carbocycles.